The topological polar surface area (TPSA) is 64.6 Å². The van der Waals surface area contributed by atoms with Crippen molar-refractivity contribution in [3.05, 3.63) is 53.3 Å². The van der Waals surface area contributed by atoms with Gasteiger partial charge in [-0.15, -0.1) is 0 Å². The summed E-state index contributed by atoms with van der Waals surface area (Å²) in [5.41, 5.74) is 1.30. The third-order valence-corrected chi connectivity index (χ3v) is 5.36. The van der Waals surface area contributed by atoms with Gasteiger partial charge in [-0.1, -0.05) is 6.07 Å². The van der Waals surface area contributed by atoms with E-state index in [1.807, 2.05) is 32.0 Å². The van der Waals surface area contributed by atoms with Crippen LogP contribution in [-0.2, 0) is 16.4 Å². The van der Waals surface area contributed by atoms with Crippen LogP contribution in [0.2, 0.25) is 0 Å². The second kappa shape index (κ2) is 9.00. The van der Waals surface area contributed by atoms with Crippen LogP contribution in [0.15, 0.2) is 41.3 Å². The van der Waals surface area contributed by atoms with Gasteiger partial charge >= 0.3 is 0 Å². The van der Waals surface area contributed by atoms with E-state index >= 15 is 0 Å². The van der Waals surface area contributed by atoms with E-state index in [4.69, 9.17) is 9.47 Å². The Morgan fingerprint density at radius 3 is 2.35 bits per heavy atom. The van der Waals surface area contributed by atoms with Crippen molar-refractivity contribution in [1.82, 2.24) is 4.72 Å². The fourth-order valence-electron chi connectivity index (χ4n) is 2.57. The highest BCUT2D eigenvalue weighted by Gasteiger charge is 2.16. The number of halogens is 1. The van der Waals surface area contributed by atoms with Crippen molar-refractivity contribution in [2.24, 2.45) is 0 Å². The first-order valence-corrected chi connectivity index (χ1v) is 10.00. The Morgan fingerprint density at radius 1 is 1.00 bits per heavy atom. The maximum Gasteiger partial charge on any atom is 0.240 e. The Hall–Kier alpha value is -2.12. The van der Waals surface area contributed by atoms with Crippen LogP contribution >= 0.6 is 0 Å². The molecule has 0 atom stereocenters. The number of hydrogen-bond acceptors (Lipinski definition) is 4. The minimum absolute atomic E-state index is 0.0839. The quantitative estimate of drug-likeness (QED) is 0.723. The number of hydrogen-bond donors (Lipinski definition) is 1. The molecule has 0 amide bonds. The van der Waals surface area contributed by atoms with Crippen LogP contribution in [0, 0.1) is 12.7 Å². The van der Waals surface area contributed by atoms with E-state index < -0.39 is 15.8 Å². The lowest BCUT2D eigenvalue weighted by molar-refractivity contribution is 0.287. The molecule has 0 saturated carbocycles. The average Bonchev–Trinajstić information content (AvgIpc) is 2.57. The van der Waals surface area contributed by atoms with Gasteiger partial charge in [0, 0.05) is 6.54 Å². The molecule has 2 aromatic carbocycles. The monoisotopic (exact) mass is 381 g/mol. The minimum atomic E-state index is -3.69. The minimum Gasteiger partial charge on any atom is -0.490 e. The summed E-state index contributed by atoms with van der Waals surface area (Å²) in [7, 11) is -3.69. The maximum absolute atomic E-state index is 13.2. The largest absolute Gasteiger partial charge is 0.490 e. The lowest BCUT2D eigenvalue weighted by Crippen LogP contribution is -2.26. The number of benzene rings is 2. The zero-order chi connectivity index (χ0) is 19.2. The van der Waals surface area contributed by atoms with Crippen molar-refractivity contribution < 1.29 is 22.3 Å². The van der Waals surface area contributed by atoms with Gasteiger partial charge in [-0.3, -0.25) is 0 Å². The molecule has 0 aliphatic heterocycles. The Labute approximate surface area is 154 Å². The van der Waals surface area contributed by atoms with E-state index in [0.717, 1.165) is 11.6 Å². The van der Waals surface area contributed by atoms with E-state index in [-0.39, 0.29) is 11.4 Å². The summed E-state index contributed by atoms with van der Waals surface area (Å²) < 4.78 is 51.6. The number of nitrogens with one attached hydrogen (secondary N) is 1. The fourth-order valence-corrected chi connectivity index (χ4v) is 3.83. The van der Waals surface area contributed by atoms with Gasteiger partial charge in [-0.05, 0) is 68.7 Å². The molecule has 0 fully saturated rings. The molecule has 0 unspecified atom stereocenters. The van der Waals surface area contributed by atoms with E-state index in [2.05, 4.69) is 4.72 Å². The van der Waals surface area contributed by atoms with E-state index in [1.165, 1.54) is 12.1 Å². The second-order valence-corrected chi connectivity index (χ2v) is 7.44. The molecule has 0 aliphatic carbocycles. The van der Waals surface area contributed by atoms with Gasteiger partial charge in [-0.2, -0.15) is 0 Å². The smallest absolute Gasteiger partial charge is 0.240 e. The third-order valence-electron chi connectivity index (χ3n) is 3.74. The Morgan fingerprint density at radius 2 is 1.69 bits per heavy atom. The zero-order valence-corrected chi connectivity index (χ0v) is 16.0. The van der Waals surface area contributed by atoms with Gasteiger partial charge in [0.25, 0.3) is 0 Å². The van der Waals surface area contributed by atoms with Crippen LogP contribution in [0.5, 0.6) is 11.5 Å². The van der Waals surface area contributed by atoms with Crippen molar-refractivity contribution in [3.63, 3.8) is 0 Å². The summed E-state index contributed by atoms with van der Waals surface area (Å²) in [6.07, 6.45) is 0.492. The summed E-state index contributed by atoms with van der Waals surface area (Å²) >= 11 is 0. The molecule has 0 spiro atoms. The van der Waals surface area contributed by atoms with Crippen LogP contribution in [0.3, 0.4) is 0 Å². The summed E-state index contributed by atoms with van der Waals surface area (Å²) in [6, 6.07) is 9.17. The van der Waals surface area contributed by atoms with Crippen molar-refractivity contribution in [1.29, 1.82) is 0 Å². The summed E-state index contributed by atoms with van der Waals surface area (Å²) in [4.78, 5) is 0.0839. The van der Waals surface area contributed by atoms with Gasteiger partial charge in [0.2, 0.25) is 10.0 Å². The number of ether oxygens (including phenoxy) is 2. The molecular formula is C19H24FNO4S. The van der Waals surface area contributed by atoms with Gasteiger partial charge in [-0.25, -0.2) is 17.5 Å². The molecule has 26 heavy (non-hydrogen) atoms. The Kier molecular flexibility index (Phi) is 6.99. The standard InChI is InChI=1S/C19H24FNO4S/c1-4-24-17-8-6-15(13-18(17)25-5-2)10-11-21-26(22,23)19-9-7-16(20)12-14(19)3/h6-9,12-13,21H,4-5,10-11H2,1-3H3. The van der Waals surface area contributed by atoms with Crippen LogP contribution < -0.4 is 14.2 Å². The molecule has 0 heterocycles. The Balaban J connectivity index is 2.05. The third kappa shape index (κ3) is 5.19. The highest BCUT2D eigenvalue weighted by Crippen LogP contribution is 2.28. The van der Waals surface area contributed by atoms with Gasteiger partial charge in [0.05, 0.1) is 18.1 Å². The normalized spacial score (nSPS) is 11.4. The summed E-state index contributed by atoms with van der Waals surface area (Å²) in [5.74, 6) is 0.851. The molecule has 1 N–H and O–H groups in total. The zero-order valence-electron chi connectivity index (χ0n) is 15.2. The van der Waals surface area contributed by atoms with Gasteiger partial charge in [0.1, 0.15) is 5.82 Å². The molecular weight excluding hydrogens is 357 g/mol. The van der Waals surface area contributed by atoms with Crippen LogP contribution in [0.4, 0.5) is 4.39 Å². The predicted octanol–water partition coefficient (Wildman–Crippen LogP) is 3.45. The average molecular weight is 381 g/mol. The number of sulfonamides is 1. The number of rotatable bonds is 9. The first-order chi connectivity index (χ1) is 12.4. The lowest BCUT2D eigenvalue weighted by atomic mass is 10.1. The SMILES string of the molecule is CCOc1ccc(CCNS(=O)(=O)c2ccc(F)cc2C)cc1OCC. The highest BCUT2D eigenvalue weighted by atomic mass is 32.2. The molecule has 0 saturated heterocycles. The van der Waals surface area contributed by atoms with Crippen LogP contribution in [-0.4, -0.2) is 28.2 Å². The van der Waals surface area contributed by atoms with Crippen molar-refractivity contribution >= 4 is 10.0 Å². The first-order valence-electron chi connectivity index (χ1n) is 8.51. The Bertz CT molecular complexity index is 853. The fraction of sp³-hybridized carbons (Fsp3) is 0.368. The molecule has 5 nitrogen and oxygen atoms in total. The number of aryl methyl sites for hydroxylation is 1. The first kappa shape index (κ1) is 20.2. The molecule has 0 bridgehead atoms. The summed E-state index contributed by atoms with van der Waals surface area (Å²) in [5, 5.41) is 0. The van der Waals surface area contributed by atoms with Crippen LogP contribution in [0.1, 0.15) is 25.0 Å². The van der Waals surface area contributed by atoms with Crippen molar-refractivity contribution in [3.8, 4) is 11.5 Å². The highest BCUT2D eigenvalue weighted by molar-refractivity contribution is 7.89. The van der Waals surface area contributed by atoms with Gasteiger partial charge < -0.3 is 9.47 Å². The summed E-state index contributed by atoms with van der Waals surface area (Å²) in [6.45, 7) is 6.63. The van der Waals surface area contributed by atoms with Gasteiger partial charge in [0.15, 0.2) is 11.5 Å². The van der Waals surface area contributed by atoms with Crippen LogP contribution in [0.25, 0.3) is 0 Å². The van der Waals surface area contributed by atoms with E-state index in [9.17, 15) is 12.8 Å². The molecule has 2 aromatic rings. The predicted molar refractivity (Wildman–Crippen MR) is 98.8 cm³/mol. The molecule has 0 aromatic heterocycles. The maximum atomic E-state index is 13.2. The van der Waals surface area contributed by atoms with Crippen molar-refractivity contribution in [2.45, 2.75) is 32.1 Å². The molecule has 0 aliphatic rings. The molecule has 0 radical (unpaired) electrons. The van der Waals surface area contributed by atoms with Crippen molar-refractivity contribution in [2.75, 3.05) is 19.8 Å². The van der Waals surface area contributed by atoms with E-state index in [0.29, 0.717) is 36.7 Å². The lowest BCUT2D eigenvalue weighted by Gasteiger charge is -2.13. The molecule has 142 valence electrons. The second-order valence-electron chi connectivity index (χ2n) is 5.70. The molecule has 2 rings (SSSR count). The molecule has 7 heteroatoms. The van der Waals surface area contributed by atoms with E-state index in [1.54, 1.807) is 6.92 Å².